The minimum absolute atomic E-state index is 0.0111. The SMILES string of the molecule is CCc1c(C)c2c(c(O)c1C/C=C(\C)CNCCP(=O)(N[C@@H](C)C(=O)OC1CCC1)Oc1ccccc1)C(=O)OC2. The Morgan fingerprint density at radius 1 is 1.24 bits per heavy atom. The third-order valence-electron chi connectivity index (χ3n) is 7.72. The Kier molecular flexibility index (Phi) is 10.3. The van der Waals surface area contributed by atoms with Gasteiger partial charge in [0.25, 0.3) is 0 Å². The molecule has 4 rings (SSSR count). The van der Waals surface area contributed by atoms with Gasteiger partial charge in [-0.15, -0.1) is 0 Å². The average Bonchev–Trinajstić information content (AvgIpc) is 3.32. The lowest BCUT2D eigenvalue weighted by Crippen LogP contribution is -2.39. The van der Waals surface area contributed by atoms with Gasteiger partial charge in [-0.1, -0.05) is 36.8 Å². The fraction of sp³-hybridized carbons (Fsp3) is 0.484. The first-order chi connectivity index (χ1) is 19.6. The lowest BCUT2D eigenvalue weighted by molar-refractivity contribution is -0.154. The molecule has 0 saturated heterocycles. The minimum Gasteiger partial charge on any atom is -0.507 e. The van der Waals surface area contributed by atoms with Crippen LogP contribution in [0.2, 0.25) is 0 Å². The van der Waals surface area contributed by atoms with Crippen LogP contribution in [0.5, 0.6) is 11.5 Å². The molecule has 1 heterocycles. The number of aromatic hydroxyl groups is 1. The highest BCUT2D eigenvalue weighted by atomic mass is 31.2. The number of fused-ring (bicyclic) bond motifs is 1. The van der Waals surface area contributed by atoms with Crippen LogP contribution in [0.1, 0.15) is 72.6 Å². The molecule has 41 heavy (non-hydrogen) atoms. The highest BCUT2D eigenvalue weighted by molar-refractivity contribution is 7.57. The summed E-state index contributed by atoms with van der Waals surface area (Å²) in [5, 5.41) is 17.1. The van der Waals surface area contributed by atoms with Gasteiger partial charge in [0.1, 0.15) is 35.8 Å². The van der Waals surface area contributed by atoms with E-state index in [1.165, 1.54) is 0 Å². The van der Waals surface area contributed by atoms with Gasteiger partial charge in [-0.3, -0.25) is 9.36 Å². The molecule has 1 aliphatic carbocycles. The molecule has 0 aromatic heterocycles. The van der Waals surface area contributed by atoms with Crippen LogP contribution in [0.25, 0.3) is 0 Å². The third kappa shape index (κ3) is 7.59. The van der Waals surface area contributed by atoms with Crippen molar-refractivity contribution in [2.45, 2.75) is 78.6 Å². The lowest BCUT2D eigenvalue weighted by atomic mass is 9.89. The molecule has 0 radical (unpaired) electrons. The lowest BCUT2D eigenvalue weighted by Gasteiger charge is -2.28. The van der Waals surface area contributed by atoms with Crippen molar-refractivity contribution < 1.29 is 33.3 Å². The van der Waals surface area contributed by atoms with E-state index >= 15 is 0 Å². The number of phenolic OH excluding ortho intramolecular Hbond substituents is 1. The van der Waals surface area contributed by atoms with Crippen molar-refractivity contribution in [2.75, 3.05) is 19.3 Å². The largest absolute Gasteiger partial charge is 0.507 e. The molecule has 10 heteroatoms. The van der Waals surface area contributed by atoms with E-state index in [2.05, 4.69) is 10.4 Å². The van der Waals surface area contributed by atoms with E-state index in [4.69, 9.17) is 14.0 Å². The van der Waals surface area contributed by atoms with Crippen LogP contribution in [-0.2, 0) is 38.3 Å². The number of nitrogens with one attached hydrogen (secondary N) is 2. The van der Waals surface area contributed by atoms with Crippen molar-refractivity contribution in [1.82, 2.24) is 10.4 Å². The number of rotatable bonds is 14. The average molecular weight is 585 g/mol. The molecule has 1 saturated carbocycles. The standard InChI is InChI=1S/C31H41N2O7P/c1-5-25-21(3)27-19-38-31(36)28(27)29(34)26(25)15-14-20(2)18-32-16-17-41(37,40-24-10-7-6-8-11-24)33-22(4)30(35)39-23-12-9-13-23/h6-8,10-11,14,22-23,32,34H,5,9,12-13,15-19H2,1-4H3,(H,33,37)/b20-14+/t22-,41?/m0/s1. The van der Waals surface area contributed by atoms with Gasteiger partial charge in [-0.2, -0.15) is 0 Å². The van der Waals surface area contributed by atoms with Gasteiger partial charge in [0.05, 0.1) is 6.16 Å². The summed E-state index contributed by atoms with van der Waals surface area (Å²) in [5.41, 5.74) is 4.86. The van der Waals surface area contributed by atoms with Gasteiger partial charge in [0.15, 0.2) is 0 Å². The van der Waals surface area contributed by atoms with Crippen molar-refractivity contribution in [3.05, 3.63) is 69.8 Å². The smallest absolute Gasteiger partial charge is 0.342 e. The molecule has 2 aliphatic rings. The molecule has 1 aliphatic heterocycles. The number of hydrogen-bond acceptors (Lipinski definition) is 8. The van der Waals surface area contributed by atoms with Crippen LogP contribution in [0, 0.1) is 6.92 Å². The molecular weight excluding hydrogens is 543 g/mol. The van der Waals surface area contributed by atoms with Crippen LogP contribution in [0.3, 0.4) is 0 Å². The highest BCUT2D eigenvalue weighted by Crippen LogP contribution is 2.43. The van der Waals surface area contributed by atoms with Crippen LogP contribution < -0.4 is 14.9 Å². The molecule has 0 bridgehead atoms. The summed E-state index contributed by atoms with van der Waals surface area (Å²) in [5.74, 6) is -0.438. The van der Waals surface area contributed by atoms with Crippen LogP contribution in [0.4, 0.5) is 0 Å². The Hall–Kier alpha value is -3.13. The van der Waals surface area contributed by atoms with Gasteiger partial charge >= 0.3 is 19.5 Å². The quantitative estimate of drug-likeness (QED) is 0.117. The van der Waals surface area contributed by atoms with Crippen LogP contribution in [-0.4, -0.2) is 48.4 Å². The molecule has 0 spiro atoms. The molecule has 2 aromatic carbocycles. The number of para-hydroxylation sites is 1. The van der Waals surface area contributed by atoms with E-state index < -0.39 is 25.5 Å². The number of cyclic esters (lactones) is 1. The predicted molar refractivity (Wildman–Crippen MR) is 158 cm³/mol. The van der Waals surface area contributed by atoms with Gasteiger partial charge in [-0.25, -0.2) is 9.88 Å². The number of benzene rings is 2. The molecule has 222 valence electrons. The topological polar surface area (TPSA) is 123 Å². The third-order valence-corrected chi connectivity index (χ3v) is 9.81. The number of esters is 2. The molecule has 2 aromatic rings. The maximum Gasteiger partial charge on any atom is 0.342 e. The summed E-state index contributed by atoms with van der Waals surface area (Å²) in [7, 11) is -3.45. The first kappa shape index (κ1) is 30.8. The summed E-state index contributed by atoms with van der Waals surface area (Å²) in [6.07, 6.45) is 6.11. The Morgan fingerprint density at radius 2 is 1.98 bits per heavy atom. The fourth-order valence-corrected chi connectivity index (χ4v) is 6.98. The maximum absolute atomic E-state index is 13.8. The Morgan fingerprint density at radius 3 is 2.63 bits per heavy atom. The second-order valence-electron chi connectivity index (χ2n) is 10.8. The predicted octanol–water partition coefficient (Wildman–Crippen LogP) is 5.36. The van der Waals surface area contributed by atoms with E-state index in [1.54, 1.807) is 31.2 Å². The normalized spacial score (nSPS) is 17.3. The van der Waals surface area contributed by atoms with Gasteiger partial charge < -0.3 is 24.4 Å². The van der Waals surface area contributed by atoms with Gasteiger partial charge in [0.2, 0.25) is 0 Å². The van der Waals surface area contributed by atoms with Crippen molar-refractivity contribution in [2.24, 2.45) is 0 Å². The summed E-state index contributed by atoms with van der Waals surface area (Å²) in [6, 6.07) is 8.12. The Bertz CT molecular complexity index is 1340. The number of carbonyl (C=O) groups is 2. The first-order valence-electron chi connectivity index (χ1n) is 14.3. The molecule has 2 atom stereocenters. The zero-order valence-electron chi connectivity index (χ0n) is 24.3. The summed E-state index contributed by atoms with van der Waals surface area (Å²) in [4.78, 5) is 24.7. The van der Waals surface area contributed by atoms with E-state index in [-0.39, 0.29) is 30.2 Å². The number of ether oxygens (including phenoxy) is 2. The van der Waals surface area contributed by atoms with Crippen LogP contribution >= 0.6 is 7.52 Å². The molecule has 1 unspecified atom stereocenters. The fourth-order valence-electron chi connectivity index (χ4n) is 5.09. The van der Waals surface area contributed by atoms with Crippen molar-refractivity contribution in [3.63, 3.8) is 0 Å². The molecule has 0 amide bonds. The van der Waals surface area contributed by atoms with Crippen LogP contribution in [0.15, 0.2) is 42.0 Å². The minimum atomic E-state index is -3.45. The monoisotopic (exact) mass is 584 g/mol. The Balaban J connectivity index is 1.36. The van der Waals surface area contributed by atoms with E-state index in [0.717, 1.165) is 53.5 Å². The summed E-state index contributed by atoms with van der Waals surface area (Å²) >= 11 is 0. The second-order valence-corrected chi connectivity index (χ2v) is 13.0. The molecule has 1 fully saturated rings. The van der Waals surface area contributed by atoms with E-state index in [0.29, 0.717) is 25.3 Å². The first-order valence-corrected chi connectivity index (χ1v) is 16.1. The summed E-state index contributed by atoms with van der Waals surface area (Å²) < 4.78 is 30.4. The molecule has 9 nitrogen and oxygen atoms in total. The number of phenols is 1. The zero-order chi connectivity index (χ0) is 29.6. The molecular formula is C31H41N2O7P. The maximum atomic E-state index is 13.8. The zero-order valence-corrected chi connectivity index (χ0v) is 25.2. The summed E-state index contributed by atoms with van der Waals surface area (Å²) in [6.45, 7) is 8.72. The number of allylic oxidation sites excluding steroid dienone is 1. The number of carbonyl (C=O) groups excluding carboxylic acids is 2. The van der Waals surface area contributed by atoms with Crippen molar-refractivity contribution in [1.29, 1.82) is 0 Å². The number of hydrogen-bond donors (Lipinski definition) is 3. The van der Waals surface area contributed by atoms with Gasteiger partial charge in [-0.05, 0) is 76.1 Å². The van der Waals surface area contributed by atoms with Gasteiger partial charge in [0, 0.05) is 24.2 Å². The highest BCUT2D eigenvalue weighted by Gasteiger charge is 2.33. The second kappa shape index (κ2) is 13.7. The Labute approximate surface area is 242 Å². The van der Waals surface area contributed by atoms with Crippen molar-refractivity contribution in [3.8, 4) is 11.5 Å². The van der Waals surface area contributed by atoms with E-state index in [1.807, 2.05) is 32.9 Å². The van der Waals surface area contributed by atoms with Crippen molar-refractivity contribution >= 4 is 19.5 Å². The van der Waals surface area contributed by atoms with E-state index in [9.17, 15) is 19.3 Å². The molecule has 3 N–H and O–H groups in total.